The highest BCUT2D eigenvalue weighted by atomic mass is 32.1. The molecule has 0 aromatic heterocycles. The Morgan fingerprint density at radius 1 is 1.20 bits per heavy atom. The summed E-state index contributed by atoms with van der Waals surface area (Å²) in [7, 11) is 0. The van der Waals surface area contributed by atoms with Crippen LogP contribution in [0.2, 0.25) is 0 Å². The number of hydrogen-bond donors (Lipinski definition) is 1. The maximum Gasteiger partial charge on any atom is 0.316 e. The lowest BCUT2D eigenvalue weighted by Gasteiger charge is -2.27. The van der Waals surface area contributed by atoms with Crippen molar-refractivity contribution in [2.75, 3.05) is 12.4 Å². The molecule has 3 nitrogen and oxygen atoms in total. The summed E-state index contributed by atoms with van der Waals surface area (Å²) in [6.07, 6.45) is 0.684. The van der Waals surface area contributed by atoms with Gasteiger partial charge in [0.05, 0.1) is 18.0 Å². The van der Waals surface area contributed by atoms with E-state index in [1.807, 2.05) is 34.6 Å². The third-order valence-electron chi connectivity index (χ3n) is 1.76. The summed E-state index contributed by atoms with van der Waals surface area (Å²) in [6.45, 7) is 10.3. The number of carbonyl (C=O) groups excluding carboxylic acids is 1. The molecule has 0 spiro atoms. The largest absolute Gasteiger partial charge is 0.459 e. The van der Waals surface area contributed by atoms with Gasteiger partial charge in [-0.3, -0.25) is 4.79 Å². The zero-order valence-electron chi connectivity index (χ0n) is 10.3. The number of ether oxygens (including phenoxy) is 2. The molecule has 0 saturated heterocycles. The van der Waals surface area contributed by atoms with Gasteiger partial charge in [0, 0.05) is 6.42 Å². The summed E-state index contributed by atoms with van der Waals surface area (Å²) in [5.74, 6) is -0.178. The van der Waals surface area contributed by atoms with Crippen molar-refractivity contribution < 1.29 is 14.3 Å². The molecule has 15 heavy (non-hydrogen) atoms. The molecule has 0 saturated carbocycles. The van der Waals surface area contributed by atoms with E-state index in [4.69, 9.17) is 9.47 Å². The van der Waals surface area contributed by atoms with Crippen molar-refractivity contribution in [2.45, 2.75) is 52.2 Å². The van der Waals surface area contributed by atoms with Crippen molar-refractivity contribution in [3.8, 4) is 0 Å². The molecule has 0 unspecified atom stereocenters. The number of hydrogen-bond acceptors (Lipinski definition) is 4. The molecule has 0 aromatic carbocycles. The fourth-order valence-electron chi connectivity index (χ4n) is 0.994. The van der Waals surface area contributed by atoms with E-state index in [1.165, 1.54) is 0 Å². The first-order chi connectivity index (χ1) is 6.66. The highest BCUT2D eigenvalue weighted by Gasteiger charge is 2.23. The van der Waals surface area contributed by atoms with Crippen LogP contribution in [-0.4, -0.2) is 29.5 Å². The van der Waals surface area contributed by atoms with Crippen LogP contribution in [-0.2, 0) is 14.3 Å². The SMILES string of the molecule is CC(C)(C)OCCC(C)(C)OC(=O)CS. The maximum absolute atomic E-state index is 11.0. The fourth-order valence-corrected chi connectivity index (χ4v) is 1.06. The number of carbonyl (C=O) groups is 1. The standard InChI is InChI=1S/C11H22O3S/c1-10(2,3)13-7-6-11(4,5)14-9(12)8-15/h15H,6-8H2,1-5H3. The topological polar surface area (TPSA) is 35.5 Å². The van der Waals surface area contributed by atoms with Gasteiger partial charge in [0.15, 0.2) is 0 Å². The van der Waals surface area contributed by atoms with Crippen LogP contribution in [0.5, 0.6) is 0 Å². The summed E-state index contributed by atoms with van der Waals surface area (Å²) in [6, 6.07) is 0. The second-order valence-corrected chi connectivity index (χ2v) is 5.42. The summed E-state index contributed by atoms with van der Waals surface area (Å²) < 4.78 is 10.8. The minimum absolute atomic E-state index is 0.115. The monoisotopic (exact) mass is 234 g/mol. The van der Waals surface area contributed by atoms with Crippen LogP contribution in [0.25, 0.3) is 0 Å². The van der Waals surface area contributed by atoms with E-state index >= 15 is 0 Å². The van der Waals surface area contributed by atoms with Crippen LogP contribution in [0, 0.1) is 0 Å². The van der Waals surface area contributed by atoms with E-state index in [1.54, 1.807) is 0 Å². The zero-order valence-corrected chi connectivity index (χ0v) is 11.2. The van der Waals surface area contributed by atoms with Gasteiger partial charge >= 0.3 is 5.97 Å². The molecule has 0 bridgehead atoms. The third-order valence-corrected chi connectivity index (χ3v) is 2.02. The quantitative estimate of drug-likeness (QED) is 0.586. The van der Waals surface area contributed by atoms with Gasteiger partial charge in [0.2, 0.25) is 0 Å². The van der Waals surface area contributed by atoms with Gasteiger partial charge < -0.3 is 9.47 Å². The molecule has 0 radical (unpaired) electrons. The van der Waals surface area contributed by atoms with Crippen molar-refractivity contribution in [3.63, 3.8) is 0 Å². The Labute approximate surface area is 97.9 Å². The van der Waals surface area contributed by atoms with Crippen molar-refractivity contribution in [2.24, 2.45) is 0 Å². The number of thiol groups is 1. The van der Waals surface area contributed by atoms with E-state index < -0.39 is 5.60 Å². The Hall–Kier alpha value is -0.220. The molecule has 0 aliphatic carbocycles. The smallest absolute Gasteiger partial charge is 0.316 e. The van der Waals surface area contributed by atoms with Gasteiger partial charge in [0.1, 0.15) is 5.60 Å². The Morgan fingerprint density at radius 3 is 2.13 bits per heavy atom. The first-order valence-corrected chi connectivity index (χ1v) is 5.76. The number of esters is 1. The van der Waals surface area contributed by atoms with Crippen LogP contribution >= 0.6 is 12.6 Å². The Morgan fingerprint density at radius 2 is 1.73 bits per heavy atom. The van der Waals surface area contributed by atoms with Crippen LogP contribution < -0.4 is 0 Å². The molecule has 0 N–H and O–H groups in total. The molecule has 0 aromatic rings. The van der Waals surface area contributed by atoms with Gasteiger partial charge in [-0.05, 0) is 34.6 Å². The minimum Gasteiger partial charge on any atom is -0.459 e. The molecule has 0 atom stereocenters. The fraction of sp³-hybridized carbons (Fsp3) is 0.909. The van der Waals surface area contributed by atoms with Gasteiger partial charge in [-0.25, -0.2) is 0 Å². The maximum atomic E-state index is 11.0. The van der Waals surface area contributed by atoms with Crippen LogP contribution in [0.1, 0.15) is 41.0 Å². The first-order valence-electron chi connectivity index (χ1n) is 5.13. The molecular formula is C11H22O3S. The Balaban J connectivity index is 3.89. The Bertz CT molecular complexity index is 206. The lowest BCUT2D eigenvalue weighted by atomic mass is 10.1. The molecule has 0 aliphatic rings. The molecule has 0 amide bonds. The molecular weight excluding hydrogens is 212 g/mol. The van der Waals surface area contributed by atoms with E-state index in [0.29, 0.717) is 13.0 Å². The second kappa shape index (κ2) is 5.75. The van der Waals surface area contributed by atoms with Crippen LogP contribution in [0.3, 0.4) is 0 Å². The zero-order chi connectivity index (χ0) is 12.1. The van der Waals surface area contributed by atoms with E-state index in [9.17, 15) is 4.79 Å². The first kappa shape index (κ1) is 14.8. The predicted octanol–water partition coefficient (Wildman–Crippen LogP) is 2.44. The summed E-state index contributed by atoms with van der Waals surface area (Å²) in [5, 5.41) is 0. The third kappa shape index (κ3) is 8.75. The molecule has 0 aliphatic heterocycles. The summed E-state index contributed by atoms with van der Waals surface area (Å²) in [4.78, 5) is 11.0. The van der Waals surface area contributed by atoms with Crippen molar-refractivity contribution in [3.05, 3.63) is 0 Å². The lowest BCUT2D eigenvalue weighted by Crippen LogP contribution is -2.32. The van der Waals surface area contributed by atoms with Crippen LogP contribution in [0.15, 0.2) is 0 Å². The highest BCUT2D eigenvalue weighted by molar-refractivity contribution is 7.81. The van der Waals surface area contributed by atoms with Crippen molar-refractivity contribution in [1.29, 1.82) is 0 Å². The van der Waals surface area contributed by atoms with E-state index in [2.05, 4.69) is 12.6 Å². The lowest BCUT2D eigenvalue weighted by molar-refractivity contribution is -0.155. The second-order valence-electron chi connectivity index (χ2n) is 5.10. The summed E-state index contributed by atoms with van der Waals surface area (Å²) in [5.41, 5.74) is -0.630. The molecule has 0 heterocycles. The molecule has 4 heteroatoms. The van der Waals surface area contributed by atoms with Crippen molar-refractivity contribution >= 4 is 18.6 Å². The van der Waals surface area contributed by atoms with Gasteiger partial charge in [-0.2, -0.15) is 12.6 Å². The molecule has 0 fully saturated rings. The van der Waals surface area contributed by atoms with Gasteiger partial charge in [0.25, 0.3) is 0 Å². The minimum atomic E-state index is -0.481. The van der Waals surface area contributed by atoms with E-state index in [0.717, 1.165) is 0 Å². The summed E-state index contributed by atoms with van der Waals surface area (Å²) >= 11 is 3.86. The predicted molar refractivity (Wildman–Crippen MR) is 64.3 cm³/mol. The molecule has 90 valence electrons. The van der Waals surface area contributed by atoms with Gasteiger partial charge in [-0.15, -0.1) is 0 Å². The van der Waals surface area contributed by atoms with Crippen LogP contribution in [0.4, 0.5) is 0 Å². The highest BCUT2D eigenvalue weighted by Crippen LogP contribution is 2.17. The molecule has 0 rings (SSSR count). The Kier molecular flexibility index (Phi) is 5.67. The average Bonchev–Trinajstić information content (AvgIpc) is 2.00. The van der Waals surface area contributed by atoms with E-state index in [-0.39, 0.29) is 17.3 Å². The van der Waals surface area contributed by atoms with Crippen molar-refractivity contribution in [1.82, 2.24) is 0 Å². The normalized spacial score (nSPS) is 12.7. The average molecular weight is 234 g/mol. The number of rotatable bonds is 5. The van der Waals surface area contributed by atoms with Gasteiger partial charge in [-0.1, -0.05) is 0 Å².